The van der Waals surface area contributed by atoms with E-state index in [2.05, 4.69) is 10.3 Å². The van der Waals surface area contributed by atoms with Gasteiger partial charge in [-0.3, -0.25) is 14.6 Å². The molecule has 1 aromatic carbocycles. The zero-order valence-electron chi connectivity index (χ0n) is 13.7. The Bertz CT molecular complexity index is 782. The van der Waals surface area contributed by atoms with Crippen LogP contribution in [0.3, 0.4) is 0 Å². The number of halogens is 1. The summed E-state index contributed by atoms with van der Waals surface area (Å²) in [5.41, 5.74) is 1.87. The van der Waals surface area contributed by atoms with Crippen LogP contribution in [0.1, 0.15) is 11.1 Å². The number of ether oxygens (including phenoxy) is 1. The van der Waals surface area contributed by atoms with E-state index in [0.717, 1.165) is 11.1 Å². The molecule has 2 heterocycles. The molecule has 130 valence electrons. The Morgan fingerprint density at radius 1 is 1.32 bits per heavy atom. The van der Waals surface area contributed by atoms with E-state index in [0.29, 0.717) is 23.7 Å². The second-order valence-electron chi connectivity index (χ2n) is 5.89. The van der Waals surface area contributed by atoms with Crippen molar-refractivity contribution >= 4 is 23.4 Å². The van der Waals surface area contributed by atoms with E-state index >= 15 is 0 Å². The van der Waals surface area contributed by atoms with E-state index in [1.54, 1.807) is 42.5 Å². The van der Waals surface area contributed by atoms with Crippen molar-refractivity contribution < 1.29 is 14.3 Å². The van der Waals surface area contributed by atoms with Crippen LogP contribution >= 0.6 is 11.6 Å². The fourth-order valence-corrected chi connectivity index (χ4v) is 2.82. The zero-order chi connectivity index (χ0) is 17.8. The van der Waals surface area contributed by atoms with Crippen molar-refractivity contribution in [1.29, 1.82) is 0 Å². The van der Waals surface area contributed by atoms with Gasteiger partial charge in [0.2, 0.25) is 5.91 Å². The molecule has 1 aromatic heterocycles. The molecule has 25 heavy (non-hydrogen) atoms. The predicted octanol–water partition coefficient (Wildman–Crippen LogP) is 1.81. The van der Waals surface area contributed by atoms with E-state index in [1.807, 2.05) is 12.1 Å². The molecule has 6 nitrogen and oxygen atoms in total. The zero-order valence-corrected chi connectivity index (χ0v) is 14.5. The number of carbonyl (C=O) groups excluding carboxylic acids is 2. The minimum Gasteiger partial charge on any atom is -0.480 e. The fraction of sp³-hybridized carbons (Fsp3) is 0.278. The predicted molar refractivity (Wildman–Crippen MR) is 93.3 cm³/mol. The second kappa shape index (κ2) is 7.53. The maximum atomic E-state index is 12.2. The molecule has 0 aliphatic carbocycles. The molecule has 0 bridgehead atoms. The number of benzene rings is 1. The number of nitrogens with one attached hydrogen (secondary N) is 1. The maximum Gasteiger partial charge on any atom is 0.261 e. The Morgan fingerprint density at radius 2 is 2.08 bits per heavy atom. The third-order valence-electron chi connectivity index (χ3n) is 4.00. The molecule has 1 N–H and O–H groups in total. The number of rotatable bonds is 5. The number of likely N-dealkylation sites (N-methyl/N-ethyl adjacent to an activating group) is 1. The molecule has 3 rings (SSSR count). The summed E-state index contributed by atoms with van der Waals surface area (Å²) in [7, 11) is 1.69. The summed E-state index contributed by atoms with van der Waals surface area (Å²) in [6.07, 6.45) is 3.17. The van der Waals surface area contributed by atoms with Crippen molar-refractivity contribution in [3.63, 3.8) is 0 Å². The number of hydrogen-bond acceptors (Lipinski definition) is 4. The van der Waals surface area contributed by atoms with E-state index < -0.39 is 6.10 Å². The lowest BCUT2D eigenvalue weighted by Crippen LogP contribution is -2.43. The van der Waals surface area contributed by atoms with Crippen molar-refractivity contribution in [1.82, 2.24) is 15.2 Å². The van der Waals surface area contributed by atoms with Gasteiger partial charge in [-0.15, -0.1) is 0 Å². The Morgan fingerprint density at radius 3 is 2.84 bits per heavy atom. The highest BCUT2D eigenvalue weighted by Gasteiger charge is 2.29. The van der Waals surface area contributed by atoms with E-state index in [9.17, 15) is 9.59 Å². The van der Waals surface area contributed by atoms with E-state index in [1.165, 1.54) is 0 Å². The van der Waals surface area contributed by atoms with Gasteiger partial charge in [0.15, 0.2) is 6.10 Å². The summed E-state index contributed by atoms with van der Waals surface area (Å²) in [6.45, 7) is 0.387. The van der Waals surface area contributed by atoms with Crippen LogP contribution in [-0.2, 0) is 22.6 Å². The van der Waals surface area contributed by atoms with Crippen LogP contribution in [0.4, 0.5) is 0 Å². The molecule has 0 radical (unpaired) electrons. The minimum absolute atomic E-state index is 0.0720. The number of aromatic nitrogens is 1. The van der Waals surface area contributed by atoms with Gasteiger partial charge in [0.1, 0.15) is 5.75 Å². The number of nitrogens with zero attached hydrogens (tertiary/aromatic N) is 2. The van der Waals surface area contributed by atoms with Gasteiger partial charge in [-0.1, -0.05) is 11.6 Å². The molecule has 0 fully saturated rings. The Labute approximate surface area is 150 Å². The highest BCUT2D eigenvalue weighted by molar-refractivity contribution is 6.30. The summed E-state index contributed by atoms with van der Waals surface area (Å²) in [5.74, 6) is 0.174. The number of pyridine rings is 1. The Balaban J connectivity index is 1.48. The Kier molecular flexibility index (Phi) is 5.19. The molecule has 0 unspecified atom stereocenters. The van der Waals surface area contributed by atoms with Gasteiger partial charge in [0.25, 0.3) is 5.91 Å². The molecule has 0 saturated heterocycles. The smallest absolute Gasteiger partial charge is 0.261 e. The number of hydrogen-bond donors (Lipinski definition) is 1. The first-order valence-electron chi connectivity index (χ1n) is 7.88. The van der Waals surface area contributed by atoms with Gasteiger partial charge in [-0.2, -0.15) is 0 Å². The van der Waals surface area contributed by atoms with Crippen molar-refractivity contribution in [2.24, 2.45) is 0 Å². The summed E-state index contributed by atoms with van der Waals surface area (Å²) < 4.78 is 5.61. The first-order valence-corrected chi connectivity index (χ1v) is 8.26. The third-order valence-corrected chi connectivity index (χ3v) is 4.23. The number of carbonyl (C=O) groups is 2. The average Bonchev–Trinajstić information content (AvgIpc) is 3.03. The molecule has 1 aliphatic rings. The monoisotopic (exact) mass is 359 g/mol. The summed E-state index contributed by atoms with van der Waals surface area (Å²) >= 11 is 5.94. The van der Waals surface area contributed by atoms with Crippen LogP contribution in [-0.4, -0.2) is 41.4 Å². The molecule has 2 aromatic rings. The lowest BCUT2D eigenvalue weighted by Gasteiger charge is -2.18. The molecule has 7 heteroatoms. The molecular formula is C18H18ClN3O3. The van der Waals surface area contributed by atoms with Crippen molar-refractivity contribution in [2.45, 2.75) is 19.1 Å². The summed E-state index contributed by atoms with van der Waals surface area (Å²) in [5, 5.41) is 3.25. The van der Waals surface area contributed by atoms with Gasteiger partial charge >= 0.3 is 0 Å². The number of amides is 2. The van der Waals surface area contributed by atoms with Gasteiger partial charge in [-0.25, -0.2) is 0 Å². The molecule has 0 spiro atoms. The van der Waals surface area contributed by atoms with Crippen molar-refractivity contribution in [3.8, 4) is 5.75 Å². The molecule has 2 amide bonds. The van der Waals surface area contributed by atoms with Gasteiger partial charge < -0.3 is 15.0 Å². The lowest BCUT2D eigenvalue weighted by molar-refractivity contribution is -0.134. The van der Waals surface area contributed by atoms with E-state index in [4.69, 9.17) is 16.3 Å². The summed E-state index contributed by atoms with van der Waals surface area (Å²) in [4.78, 5) is 29.9. The van der Waals surface area contributed by atoms with Crippen LogP contribution < -0.4 is 10.1 Å². The second-order valence-corrected chi connectivity index (χ2v) is 6.32. The maximum absolute atomic E-state index is 12.2. The topological polar surface area (TPSA) is 71.5 Å². The first kappa shape index (κ1) is 17.2. The fourth-order valence-electron chi connectivity index (χ4n) is 2.63. The quantitative estimate of drug-likeness (QED) is 0.883. The largest absolute Gasteiger partial charge is 0.480 e. The van der Waals surface area contributed by atoms with Crippen molar-refractivity contribution in [3.05, 3.63) is 58.9 Å². The lowest BCUT2D eigenvalue weighted by atomic mass is 10.1. The highest BCUT2D eigenvalue weighted by Crippen LogP contribution is 2.31. The van der Waals surface area contributed by atoms with Crippen LogP contribution in [0, 0.1) is 0 Å². The minimum atomic E-state index is -0.633. The van der Waals surface area contributed by atoms with Gasteiger partial charge in [0.05, 0.1) is 6.54 Å². The number of fused-ring (bicyclic) bond motifs is 1. The highest BCUT2D eigenvalue weighted by atomic mass is 35.5. The average molecular weight is 360 g/mol. The van der Waals surface area contributed by atoms with Crippen LogP contribution in [0.15, 0.2) is 42.7 Å². The summed E-state index contributed by atoms with van der Waals surface area (Å²) in [6, 6.07) is 8.95. The molecule has 0 saturated carbocycles. The van der Waals surface area contributed by atoms with Crippen LogP contribution in [0.2, 0.25) is 5.02 Å². The molecule has 1 aliphatic heterocycles. The Hall–Kier alpha value is -2.60. The van der Waals surface area contributed by atoms with Crippen LogP contribution in [0.5, 0.6) is 5.75 Å². The van der Waals surface area contributed by atoms with Crippen molar-refractivity contribution in [2.75, 3.05) is 13.6 Å². The normalized spacial score (nSPS) is 15.2. The molecular weight excluding hydrogens is 342 g/mol. The van der Waals surface area contributed by atoms with Gasteiger partial charge in [-0.05, 0) is 41.5 Å². The third kappa shape index (κ3) is 4.28. The first-order chi connectivity index (χ1) is 12.0. The SMILES string of the molecule is CN(Cc1ccncc1)C(=O)CNC(=O)[C@@H]1Cc2cc(Cl)ccc2O1. The standard InChI is InChI=1S/C18H18ClN3O3/c1-22(11-12-4-6-20-7-5-12)17(23)10-21-18(24)16-9-13-8-14(19)2-3-15(13)25-16/h2-8,16H,9-11H2,1H3,(H,21,24)/t16-/m0/s1. The van der Waals surface area contributed by atoms with Gasteiger partial charge in [0, 0.05) is 37.4 Å². The molecule has 1 atom stereocenters. The van der Waals surface area contributed by atoms with E-state index in [-0.39, 0.29) is 18.4 Å². The van der Waals surface area contributed by atoms with Crippen LogP contribution in [0.25, 0.3) is 0 Å².